The standard InChI is InChI=1S/C20H20ClN3O3/c1-27-15-7-8-17(21)16(11-15)20(26)23-13-19(25)24-10-3-2-6-18(24)14-5-4-9-22-12-14/h2-5,7-9,11-12,18H,6,10,13H2,1H3,(H,23,26). The summed E-state index contributed by atoms with van der Waals surface area (Å²) in [7, 11) is 1.51. The lowest BCUT2D eigenvalue weighted by Crippen LogP contribution is -2.43. The van der Waals surface area contributed by atoms with Crippen LogP contribution >= 0.6 is 11.6 Å². The van der Waals surface area contributed by atoms with Crippen LogP contribution in [-0.4, -0.2) is 41.9 Å². The minimum atomic E-state index is -0.419. The number of nitrogens with one attached hydrogen (secondary N) is 1. The van der Waals surface area contributed by atoms with E-state index in [1.807, 2.05) is 18.2 Å². The second-order valence-corrected chi connectivity index (χ2v) is 6.49. The Bertz CT molecular complexity index is 855. The molecule has 6 nitrogen and oxygen atoms in total. The van der Waals surface area contributed by atoms with E-state index in [4.69, 9.17) is 16.3 Å². The van der Waals surface area contributed by atoms with Crippen molar-refractivity contribution in [1.82, 2.24) is 15.2 Å². The van der Waals surface area contributed by atoms with Gasteiger partial charge in [0.15, 0.2) is 0 Å². The molecule has 1 aliphatic rings. The molecule has 3 rings (SSSR count). The summed E-state index contributed by atoms with van der Waals surface area (Å²) in [6, 6.07) is 8.51. The maximum absolute atomic E-state index is 12.7. The molecule has 7 heteroatoms. The van der Waals surface area contributed by atoms with Gasteiger partial charge in [-0.1, -0.05) is 29.8 Å². The molecule has 0 fully saturated rings. The second kappa shape index (κ2) is 8.68. The van der Waals surface area contributed by atoms with Gasteiger partial charge in [0, 0.05) is 18.9 Å². The third kappa shape index (κ3) is 4.46. The summed E-state index contributed by atoms with van der Waals surface area (Å²) < 4.78 is 5.12. The maximum Gasteiger partial charge on any atom is 0.253 e. The minimum absolute atomic E-state index is 0.0893. The first-order valence-electron chi connectivity index (χ1n) is 8.56. The number of pyridine rings is 1. The Morgan fingerprint density at radius 2 is 2.19 bits per heavy atom. The summed E-state index contributed by atoms with van der Waals surface area (Å²) in [6.45, 7) is 0.380. The van der Waals surface area contributed by atoms with E-state index in [1.165, 1.54) is 7.11 Å². The van der Waals surface area contributed by atoms with Gasteiger partial charge in [-0.15, -0.1) is 0 Å². The molecule has 1 aromatic heterocycles. The summed E-state index contributed by atoms with van der Waals surface area (Å²) in [4.78, 5) is 31.0. The molecule has 0 aliphatic carbocycles. The Hall–Kier alpha value is -2.86. The Morgan fingerprint density at radius 1 is 1.33 bits per heavy atom. The number of rotatable bonds is 5. The highest BCUT2D eigenvalue weighted by atomic mass is 35.5. The molecule has 1 aromatic carbocycles. The van der Waals surface area contributed by atoms with Gasteiger partial charge in [0.25, 0.3) is 5.91 Å². The molecule has 0 saturated carbocycles. The van der Waals surface area contributed by atoms with E-state index in [1.54, 1.807) is 35.5 Å². The van der Waals surface area contributed by atoms with E-state index in [9.17, 15) is 9.59 Å². The summed E-state index contributed by atoms with van der Waals surface area (Å²) >= 11 is 6.09. The summed E-state index contributed by atoms with van der Waals surface area (Å²) in [5, 5.41) is 2.95. The molecular weight excluding hydrogens is 366 g/mol. The third-order valence-electron chi connectivity index (χ3n) is 4.41. The Labute approximate surface area is 162 Å². The number of benzene rings is 1. The van der Waals surface area contributed by atoms with Crippen molar-refractivity contribution < 1.29 is 14.3 Å². The lowest BCUT2D eigenvalue weighted by Gasteiger charge is -2.33. The van der Waals surface area contributed by atoms with E-state index in [0.29, 0.717) is 23.7 Å². The van der Waals surface area contributed by atoms with E-state index >= 15 is 0 Å². The summed E-state index contributed by atoms with van der Waals surface area (Å²) in [5.41, 5.74) is 1.24. The first kappa shape index (κ1) is 18.9. The fourth-order valence-electron chi connectivity index (χ4n) is 2.99. The zero-order chi connectivity index (χ0) is 19.2. The van der Waals surface area contributed by atoms with E-state index in [0.717, 1.165) is 5.56 Å². The highest BCUT2D eigenvalue weighted by molar-refractivity contribution is 6.33. The fraction of sp³-hybridized carbons (Fsp3) is 0.250. The maximum atomic E-state index is 12.7. The molecule has 27 heavy (non-hydrogen) atoms. The molecule has 0 radical (unpaired) electrons. The van der Waals surface area contributed by atoms with Crippen molar-refractivity contribution >= 4 is 23.4 Å². The molecule has 1 aliphatic heterocycles. The lowest BCUT2D eigenvalue weighted by atomic mass is 10.0. The van der Waals surface area contributed by atoms with Crippen LogP contribution in [0, 0.1) is 0 Å². The third-order valence-corrected chi connectivity index (χ3v) is 4.74. The highest BCUT2D eigenvalue weighted by Gasteiger charge is 2.26. The number of carbonyl (C=O) groups is 2. The van der Waals surface area contributed by atoms with Gasteiger partial charge in [-0.3, -0.25) is 14.6 Å². The Balaban J connectivity index is 1.68. The van der Waals surface area contributed by atoms with E-state index in [2.05, 4.69) is 16.4 Å². The summed E-state index contributed by atoms with van der Waals surface area (Å²) in [6.07, 6.45) is 8.18. The monoisotopic (exact) mass is 385 g/mol. The van der Waals surface area contributed by atoms with Crippen molar-refractivity contribution in [3.05, 3.63) is 71.0 Å². The molecule has 1 unspecified atom stereocenters. The Kier molecular flexibility index (Phi) is 6.08. The van der Waals surface area contributed by atoms with Crippen LogP contribution in [0.1, 0.15) is 28.4 Å². The molecule has 1 N–H and O–H groups in total. The number of nitrogens with zero attached hydrogens (tertiary/aromatic N) is 2. The first-order chi connectivity index (χ1) is 13.1. The van der Waals surface area contributed by atoms with Crippen molar-refractivity contribution in [3.8, 4) is 5.75 Å². The second-order valence-electron chi connectivity index (χ2n) is 6.08. The molecule has 2 amide bonds. The summed E-state index contributed by atoms with van der Waals surface area (Å²) in [5.74, 6) is -0.0630. The van der Waals surface area contributed by atoms with Crippen LogP contribution in [0.4, 0.5) is 0 Å². The number of carbonyl (C=O) groups excluding carboxylic acids is 2. The number of hydrogen-bond donors (Lipinski definition) is 1. The smallest absolute Gasteiger partial charge is 0.253 e. The zero-order valence-electron chi connectivity index (χ0n) is 14.9. The van der Waals surface area contributed by atoms with Crippen molar-refractivity contribution in [3.63, 3.8) is 0 Å². The molecule has 0 bridgehead atoms. The van der Waals surface area contributed by atoms with Gasteiger partial charge < -0.3 is 15.0 Å². The van der Waals surface area contributed by atoms with Crippen LogP contribution < -0.4 is 10.1 Å². The molecule has 2 aromatic rings. The van der Waals surface area contributed by atoms with Crippen LogP contribution in [0.2, 0.25) is 5.02 Å². The normalized spacial score (nSPS) is 16.1. The van der Waals surface area contributed by atoms with Crippen LogP contribution in [0.15, 0.2) is 54.9 Å². The van der Waals surface area contributed by atoms with Gasteiger partial charge in [-0.25, -0.2) is 0 Å². The number of methoxy groups -OCH3 is 1. The van der Waals surface area contributed by atoms with Crippen LogP contribution in [0.3, 0.4) is 0 Å². The average Bonchev–Trinajstić information content (AvgIpc) is 2.72. The average molecular weight is 386 g/mol. The van der Waals surface area contributed by atoms with Gasteiger partial charge >= 0.3 is 0 Å². The predicted molar refractivity (Wildman–Crippen MR) is 103 cm³/mol. The van der Waals surface area contributed by atoms with Crippen molar-refractivity contribution in [2.75, 3.05) is 20.2 Å². The van der Waals surface area contributed by atoms with Crippen molar-refractivity contribution in [2.45, 2.75) is 12.5 Å². The number of aromatic nitrogens is 1. The predicted octanol–water partition coefficient (Wildman–Crippen LogP) is 3.00. The largest absolute Gasteiger partial charge is 0.497 e. The SMILES string of the molecule is COc1ccc(Cl)c(C(=O)NCC(=O)N2CC=CCC2c2cccnc2)c1. The van der Waals surface area contributed by atoms with Gasteiger partial charge in [0.2, 0.25) is 5.91 Å². The van der Waals surface area contributed by atoms with Crippen LogP contribution in [0.25, 0.3) is 0 Å². The molecule has 140 valence electrons. The number of halogens is 1. The first-order valence-corrected chi connectivity index (χ1v) is 8.94. The quantitative estimate of drug-likeness (QED) is 0.803. The van der Waals surface area contributed by atoms with Crippen molar-refractivity contribution in [1.29, 1.82) is 0 Å². The van der Waals surface area contributed by atoms with E-state index in [-0.39, 0.29) is 24.1 Å². The fourth-order valence-corrected chi connectivity index (χ4v) is 3.19. The minimum Gasteiger partial charge on any atom is -0.497 e. The molecule has 1 atom stereocenters. The topological polar surface area (TPSA) is 71.5 Å². The molecule has 0 spiro atoms. The molecule has 0 saturated heterocycles. The van der Waals surface area contributed by atoms with E-state index < -0.39 is 5.91 Å². The van der Waals surface area contributed by atoms with Crippen molar-refractivity contribution in [2.24, 2.45) is 0 Å². The highest BCUT2D eigenvalue weighted by Crippen LogP contribution is 2.27. The Morgan fingerprint density at radius 3 is 2.93 bits per heavy atom. The van der Waals surface area contributed by atoms with Gasteiger partial charge in [-0.2, -0.15) is 0 Å². The van der Waals surface area contributed by atoms with Gasteiger partial charge in [-0.05, 0) is 36.2 Å². The zero-order valence-corrected chi connectivity index (χ0v) is 15.6. The number of amides is 2. The number of hydrogen-bond acceptors (Lipinski definition) is 4. The lowest BCUT2D eigenvalue weighted by molar-refractivity contribution is -0.132. The molecular formula is C20H20ClN3O3. The van der Waals surface area contributed by atoms with Crippen LogP contribution in [0.5, 0.6) is 5.75 Å². The van der Waals surface area contributed by atoms with Gasteiger partial charge in [0.1, 0.15) is 5.75 Å². The van der Waals surface area contributed by atoms with Gasteiger partial charge in [0.05, 0.1) is 30.3 Å². The number of ether oxygens (including phenoxy) is 1. The van der Waals surface area contributed by atoms with Crippen LogP contribution in [-0.2, 0) is 4.79 Å². The molecule has 2 heterocycles.